The van der Waals surface area contributed by atoms with Crippen LogP contribution in [0.15, 0.2) is 51.6 Å². The Hall–Kier alpha value is -2.52. The van der Waals surface area contributed by atoms with Gasteiger partial charge < -0.3 is 9.84 Å². The Bertz CT molecular complexity index is 1080. The number of hydrogen-bond acceptors (Lipinski definition) is 5. The van der Waals surface area contributed by atoms with Crippen molar-refractivity contribution in [1.29, 1.82) is 0 Å². The number of carbonyl (C=O) groups is 1. The first-order valence-electron chi connectivity index (χ1n) is 9.41. The number of benzene rings is 2. The van der Waals surface area contributed by atoms with Crippen molar-refractivity contribution in [2.24, 2.45) is 0 Å². The lowest BCUT2D eigenvalue weighted by Crippen LogP contribution is -2.26. The fourth-order valence-corrected chi connectivity index (χ4v) is 5.07. The maximum Gasteiger partial charge on any atom is 0.416 e. The number of aryl methyl sites for hydroxylation is 2. The average Bonchev–Trinajstić information content (AvgIpc) is 3.07. The zero-order valence-corrected chi connectivity index (χ0v) is 18.6. The van der Waals surface area contributed by atoms with Gasteiger partial charge in [-0.25, -0.2) is 9.78 Å². The normalized spacial score (nSPS) is 12.6. The van der Waals surface area contributed by atoms with Crippen LogP contribution in [0.5, 0.6) is 5.75 Å². The standard InChI is InChI=1S/C22H20F3NO3S2/c1-4-17(20(27)28)29-18-10-9-16(11-12(18)2)30-21-13(3)26-19(31-21)14-5-7-15(8-6-14)22(23,24)25/h5-11,17H,4H2,1-3H3,(H,27,28). The fourth-order valence-electron chi connectivity index (χ4n) is 2.79. The number of ether oxygens (including phenoxy) is 1. The highest BCUT2D eigenvalue weighted by atomic mass is 32.2. The molecule has 1 heterocycles. The molecule has 9 heteroatoms. The smallest absolute Gasteiger partial charge is 0.416 e. The Kier molecular flexibility index (Phi) is 6.96. The second-order valence-electron chi connectivity index (χ2n) is 6.85. The van der Waals surface area contributed by atoms with Crippen LogP contribution in [0, 0.1) is 13.8 Å². The maximum absolute atomic E-state index is 12.8. The van der Waals surface area contributed by atoms with Gasteiger partial charge in [0.1, 0.15) is 10.8 Å². The van der Waals surface area contributed by atoms with E-state index in [4.69, 9.17) is 9.84 Å². The lowest BCUT2D eigenvalue weighted by atomic mass is 10.1. The van der Waals surface area contributed by atoms with Crippen molar-refractivity contribution in [2.45, 2.75) is 48.6 Å². The molecular weight excluding hydrogens is 447 g/mol. The molecule has 0 radical (unpaired) electrons. The number of aromatic nitrogens is 1. The molecule has 4 nitrogen and oxygen atoms in total. The van der Waals surface area contributed by atoms with E-state index in [-0.39, 0.29) is 0 Å². The van der Waals surface area contributed by atoms with Crippen LogP contribution in [0.4, 0.5) is 13.2 Å². The topological polar surface area (TPSA) is 59.4 Å². The lowest BCUT2D eigenvalue weighted by molar-refractivity contribution is -0.145. The van der Waals surface area contributed by atoms with Gasteiger partial charge in [-0.15, -0.1) is 11.3 Å². The van der Waals surface area contributed by atoms with Crippen molar-refractivity contribution in [3.05, 3.63) is 59.3 Å². The van der Waals surface area contributed by atoms with Crippen LogP contribution >= 0.6 is 23.1 Å². The zero-order chi connectivity index (χ0) is 22.8. The van der Waals surface area contributed by atoms with E-state index in [2.05, 4.69) is 4.98 Å². The molecule has 0 spiro atoms. The monoisotopic (exact) mass is 467 g/mol. The van der Waals surface area contributed by atoms with E-state index in [0.717, 1.165) is 32.5 Å². The Morgan fingerprint density at radius 3 is 2.42 bits per heavy atom. The Morgan fingerprint density at radius 2 is 1.87 bits per heavy atom. The molecule has 1 unspecified atom stereocenters. The third-order valence-electron chi connectivity index (χ3n) is 4.49. The second kappa shape index (κ2) is 9.32. The number of nitrogens with zero attached hydrogens (tertiary/aromatic N) is 1. The van der Waals surface area contributed by atoms with Crippen LogP contribution in [0.1, 0.15) is 30.2 Å². The number of aliphatic carboxylic acids is 1. The predicted octanol–water partition coefficient (Wildman–Crippen LogP) is 6.84. The summed E-state index contributed by atoms with van der Waals surface area (Å²) in [5, 5.41) is 9.82. The fraction of sp³-hybridized carbons (Fsp3) is 0.273. The van der Waals surface area contributed by atoms with E-state index in [1.54, 1.807) is 13.0 Å². The van der Waals surface area contributed by atoms with Crippen molar-refractivity contribution in [1.82, 2.24) is 4.98 Å². The number of rotatable bonds is 7. The summed E-state index contributed by atoms with van der Waals surface area (Å²) < 4.78 is 44.8. The van der Waals surface area contributed by atoms with Gasteiger partial charge in [0.25, 0.3) is 0 Å². The van der Waals surface area contributed by atoms with E-state index in [0.29, 0.717) is 22.7 Å². The van der Waals surface area contributed by atoms with E-state index in [1.807, 2.05) is 26.0 Å². The summed E-state index contributed by atoms with van der Waals surface area (Å²) in [6.45, 7) is 5.45. The number of carboxylic acid groups (broad SMARTS) is 1. The first kappa shape index (κ1) is 23.1. The van der Waals surface area contributed by atoms with Crippen LogP contribution in [0.25, 0.3) is 10.6 Å². The largest absolute Gasteiger partial charge is 0.479 e. The van der Waals surface area contributed by atoms with Crippen LogP contribution in [0.2, 0.25) is 0 Å². The molecule has 3 aromatic rings. The molecule has 0 aliphatic carbocycles. The van der Waals surface area contributed by atoms with Crippen molar-refractivity contribution >= 4 is 29.1 Å². The quantitative estimate of drug-likeness (QED) is 0.412. The summed E-state index contributed by atoms with van der Waals surface area (Å²) in [5.41, 5.74) is 1.55. The number of halogens is 3. The first-order chi connectivity index (χ1) is 14.6. The Balaban J connectivity index is 1.77. The Labute approximate surface area is 186 Å². The molecule has 1 aromatic heterocycles. The molecule has 0 amide bonds. The molecule has 0 fully saturated rings. The maximum atomic E-state index is 12.8. The van der Waals surface area contributed by atoms with Crippen molar-refractivity contribution in [3.63, 3.8) is 0 Å². The number of carboxylic acids is 1. The zero-order valence-electron chi connectivity index (χ0n) is 17.0. The molecule has 0 aliphatic rings. The van der Waals surface area contributed by atoms with Gasteiger partial charge in [0, 0.05) is 10.5 Å². The van der Waals surface area contributed by atoms with Gasteiger partial charge in [-0.05, 0) is 56.2 Å². The summed E-state index contributed by atoms with van der Waals surface area (Å²) in [5.74, 6) is -0.485. The molecule has 1 N–H and O–H groups in total. The molecule has 0 aliphatic heterocycles. The highest BCUT2D eigenvalue weighted by Crippen LogP contribution is 2.40. The molecule has 0 saturated heterocycles. The van der Waals surface area contributed by atoms with Crippen LogP contribution in [0.3, 0.4) is 0 Å². The van der Waals surface area contributed by atoms with Gasteiger partial charge in [-0.3, -0.25) is 0 Å². The minimum absolute atomic E-state index is 0.359. The van der Waals surface area contributed by atoms with E-state index < -0.39 is 23.8 Å². The molecule has 164 valence electrons. The summed E-state index contributed by atoms with van der Waals surface area (Å²) >= 11 is 2.91. The van der Waals surface area contributed by atoms with Gasteiger partial charge in [0.2, 0.25) is 0 Å². The van der Waals surface area contributed by atoms with Gasteiger partial charge in [-0.1, -0.05) is 30.8 Å². The minimum atomic E-state index is -4.37. The number of alkyl halides is 3. The highest BCUT2D eigenvalue weighted by molar-refractivity contribution is 8.01. The molecule has 0 saturated carbocycles. The highest BCUT2D eigenvalue weighted by Gasteiger charge is 2.30. The number of thiazole rings is 1. The van der Waals surface area contributed by atoms with Gasteiger partial charge in [0.15, 0.2) is 6.10 Å². The van der Waals surface area contributed by atoms with Gasteiger partial charge >= 0.3 is 12.1 Å². The average molecular weight is 468 g/mol. The first-order valence-corrected chi connectivity index (χ1v) is 11.0. The van der Waals surface area contributed by atoms with Crippen LogP contribution < -0.4 is 4.74 Å². The lowest BCUT2D eigenvalue weighted by Gasteiger charge is -2.15. The molecule has 3 rings (SSSR count). The van der Waals surface area contributed by atoms with Crippen molar-refractivity contribution in [2.75, 3.05) is 0 Å². The van der Waals surface area contributed by atoms with Crippen LogP contribution in [-0.4, -0.2) is 22.2 Å². The Morgan fingerprint density at radius 1 is 1.19 bits per heavy atom. The van der Waals surface area contributed by atoms with Gasteiger partial charge in [0.05, 0.1) is 15.5 Å². The third-order valence-corrected chi connectivity index (χ3v) is 6.96. The van der Waals surface area contributed by atoms with Crippen LogP contribution in [-0.2, 0) is 11.0 Å². The van der Waals surface area contributed by atoms with E-state index in [1.165, 1.54) is 35.2 Å². The van der Waals surface area contributed by atoms with Crippen molar-refractivity contribution in [3.8, 4) is 16.3 Å². The predicted molar refractivity (Wildman–Crippen MR) is 115 cm³/mol. The summed E-state index contributed by atoms with van der Waals surface area (Å²) in [6, 6.07) is 10.5. The second-order valence-corrected chi connectivity index (χ2v) is 9.19. The summed E-state index contributed by atoms with van der Waals surface area (Å²) in [4.78, 5) is 16.6. The van der Waals surface area contributed by atoms with E-state index >= 15 is 0 Å². The molecule has 0 bridgehead atoms. The van der Waals surface area contributed by atoms with E-state index in [9.17, 15) is 18.0 Å². The third kappa shape index (κ3) is 5.59. The summed E-state index contributed by atoms with van der Waals surface area (Å²) in [6.07, 6.45) is -4.90. The van der Waals surface area contributed by atoms with Crippen molar-refractivity contribution < 1.29 is 27.8 Å². The number of hydrogen-bond donors (Lipinski definition) is 1. The van der Waals surface area contributed by atoms with Gasteiger partial charge in [-0.2, -0.15) is 13.2 Å². The molecule has 2 aromatic carbocycles. The molecule has 1 atom stereocenters. The molecule has 31 heavy (non-hydrogen) atoms. The summed E-state index contributed by atoms with van der Waals surface area (Å²) in [7, 11) is 0. The molecular formula is C22H20F3NO3S2. The SMILES string of the molecule is CCC(Oc1ccc(Sc2sc(-c3ccc(C(F)(F)F)cc3)nc2C)cc1C)C(=O)O. The minimum Gasteiger partial charge on any atom is -0.479 e.